The Hall–Kier alpha value is -1.26. The summed E-state index contributed by atoms with van der Waals surface area (Å²) in [6.07, 6.45) is 3.28. The lowest BCUT2D eigenvalue weighted by Crippen LogP contribution is -2.48. The molecule has 0 bridgehead atoms. The van der Waals surface area contributed by atoms with Gasteiger partial charge in [0.25, 0.3) is 0 Å². The van der Waals surface area contributed by atoms with E-state index < -0.39 is 5.92 Å². The number of amidine groups is 1. The smallest absolute Gasteiger partial charge is 0.233 e. The molecule has 0 fully saturated rings. The van der Waals surface area contributed by atoms with E-state index in [2.05, 4.69) is 32.9 Å². The maximum atomic E-state index is 12.8. The van der Waals surface area contributed by atoms with Gasteiger partial charge in [-0.05, 0) is 25.2 Å². The summed E-state index contributed by atoms with van der Waals surface area (Å²) in [6, 6.07) is 0.218. The molecule has 5 heteroatoms. The Morgan fingerprint density at radius 2 is 1.80 bits per heavy atom. The molecule has 0 rings (SSSR count). The van der Waals surface area contributed by atoms with Gasteiger partial charge in [-0.3, -0.25) is 4.79 Å². The van der Waals surface area contributed by atoms with Crippen LogP contribution in [-0.2, 0) is 4.79 Å². The van der Waals surface area contributed by atoms with Crippen LogP contribution in [0.4, 0.5) is 0 Å². The Morgan fingerprint density at radius 1 is 1.25 bits per heavy atom. The van der Waals surface area contributed by atoms with Gasteiger partial charge in [-0.1, -0.05) is 46.2 Å². The van der Waals surface area contributed by atoms with E-state index in [0.29, 0.717) is 18.9 Å². The Balaban J connectivity index is 5.25. The van der Waals surface area contributed by atoms with E-state index >= 15 is 0 Å². The van der Waals surface area contributed by atoms with E-state index in [9.17, 15) is 4.79 Å². The average molecular weight is 285 g/mol. The second-order valence-corrected chi connectivity index (χ2v) is 5.72. The topological polar surface area (TPSA) is 78.9 Å². The second kappa shape index (κ2) is 9.61. The third-order valence-electron chi connectivity index (χ3n) is 3.58. The molecule has 0 spiro atoms. The number of carbonyl (C=O) groups is 1. The number of carbonyl (C=O) groups excluding carboxylic acids is 1. The molecule has 1 unspecified atom stereocenters. The molecule has 118 valence electrons. The second-order valence-electron chi connectivity index (χ2n) is 5.72. The van der Waals surface area contributed by atoms with Gasteiger partial charge in [-0.15, -0.1) is 0 Å². The summed E-state index contributed by atoms with van der Waals surface area (Å²) in [6.45, 7) is 11.1. The monoisotopic (exact) mass is 285 g/mol. The summed E-state index contributed by atoms with van der Waals surface area (Å²) >= 11 is 0. The minimum Gasteiger partial charge on any atom is -0.409 e. The predicted octanol–water partition coefficient (Wildman–Crippen LogP) is 2.82. The van der Waals surface area contributed by atoms with Crippen LogP contribution in [0.2, 0.25) is 0 Å². The van der Waals surface area contributed by atoms with Gasteiger partial charge in [0.15, 0.2) is 5.84 Å². The number of hydrogen-bond acceptors (Lipinski definition) is 3. The fourth-order valence-corrected chi connectivity index (χ4v) is 2.50. The van der Waals surface area contributed by atoms with Gasteiger partial charge in [-0.25, -0.2) is 0 Å². The van der Waals surface area contributed by atoms with Gasteiger partial charge < -0.3 is 15.8 Å². The van der Waals surface area contributed by atoms with Crippen molar-refractivity contribution in [2.24, 2.45) is 22.7 Å². The van der Waals surface area contributed by atoms with E-state index in [4.69, 9.17) is 10.9 Å². The lowest BCUT2D eigenvalue weighted by atomic mass is 9.97. The van der Waals surface area contributed by atoms with Crippen LogP contribution in [0.1, 0.15) is 60.3 Å². The summed E-state index contributed by atoms with van der Waals surface area (Å²) in [5, 5.41) is 11.9. The first-order chi connectivity index (χ1) is 9.42. The van der Waals surface area contributed by atoms with Crippen LogP contribution in [0.5, 0.6) is 0 Å². The van der Waals surface area contributed by atoms with E-state index in [-0.39, 0.29) is 17.8 Å². The fourth-order valence-electron chi connectivity index (χ4n) is 2.50. The molecule has 0 aliphatic heterocycles. The van der Waals surface area contributed by atoms with Crippen molar-refractivity contribution in [1.82, 2.24) is 4.90 Å². The fraction of sp³-hybridized carbons (Fsp3) is 0.867. The minimum absolute atomic E-state index is 0.00968. The molecule has 0 aliphatic carbocycles. The molecule has 0 saturated carbocycles. The molecular weight excluding hydrogens is 254 g/mol. The maximum Gasteiger partial charge on any atom is 0.233 e. The standard InChI is InChI=1S/C15H31N3O2/c1-6-9-13(14(16)17-20)15(19)18(10-11(4)5)12(7-2)8-3/h11-13,20H,6-10H2,1-5H3,(H2,16,17). The van der Waals surface area contributed by atoms with E-state index in [0.717, 1.165) is 19.3 Å². The van der Waals surface area contributed by atoms with Crippen molar-refractivity contribution in [2.45, 2.75) is 66.3 Å². The first-order valence-corrected chi connectivity index (χ1v) is 7.70. The summed E-state index contributed by atoms with van der Waals surface area (Å²) in [7, 11) is 0. The SMILES string of the molecule is CCCC(C(=O)N(CC(C)C)C(CC)CC)C(N)=NO. The Kier molecular flexibility index (Phi) is 9.01. The molecule has 0 aliphatic rings. The van der Waals surface area contributed by atoms with Crippen LogP contribution in [-0.4, -0.2) is 34.4 Å². The van der Waals surface area contributed by atoms with Gasteiger partial charge in [0.05, 0.1) is 5.92 Å². The van der Waals surface area contributed by atoms with E-state index in [1.165, 1.54) is 0 Å². The zero-order valence-electron chi connectivity index (χ0n) is 13.6. The third-order valence-corrected chi connectivity index (χ3v) is 3.58. The highest BCUT2D eigenvalue weighted by atomic mass is 16.4. The van der Waals surface area contributed by atoms with Gasteiger partial charge in [0.2, 0.25) is 5.91 Å². The highest BCUT2D eigenvalue weighted by Crippen LogP contribution is 2.18. The van der Waals surface area contributed by atoms with Crippen LogP contribution >= 0.6 is 0 Å². The van der Waals surface area contributed by atoms with Crippen molar-refractivity contribution in [2.75, 3.05) is 6.54 Å². The van der Waals surface area contributed by atoms with Crippen LogP contribution in [0.3, 0.4) is 0 Å². The van der Waals surface area contributed by atoms with E-state index in [1.807, 2.05) is 11.8 Å². The molecule has 1 amide bonds. The zero-order valence-corrected chi connectivity index (χ0v) is 13.6. The maximum absolute atomic E-state index is 12.8. The highest BCUT2D eigenvalue weighted by molar-refractivity contribution is 6.02. The highest BCUT2D eigenvalue weighted by Gasteiger charge is 2.30. The van der Waals surface area contributed by atoms with Gasteiger partial charge in [0.1, 0.15) is 0 Å². The Morgan fingerprint density at radius 3 is 2.15 bits per heavy atom. The largest absolute Gasteiger partial charge is 0.409 e. The van der Waals surface area contributed by atoms with Crippen molar-refractivity contribution >= 4 is 11.7 Å². The average Bonchev–Trinajstić information content (AvgIpc) is 2.43. The summed E-state index contributed by atoms with van der Waals surface area (Å²) in [5.41, 5.74) is 5.71. The predicted molar refractivity (Wildman–Crippen MR) is 82.7 cm³/mol. The molecule has 0 aromatic carbocycles. The van der Waals surface area contributed by atoms with Crippen molar-refractivity contribution in [3.8, 4) is 0 Å². The van der Waals surface area contributed by atoms with Crippen molar-refractivity contribution in [3.05, 3.63) is 0 Å². The molecular formula is C15H31N3O2. The Labute approximate surface area is 123 Å². The summed E-state index contributed by atoms with van der Waals surface area (Å²) in [5.74, 6) is -0.0976. The summed E-state index contributed by atoms with van der Waals surface area (Å²) in [4.78, 5) is 14.7. The van der Waals surface area contributed by atoms with Crippen molar-refractivity contribution in [3.63, 3.8) is 0 Å². The van der Waals surface area contributed by atoms with Crippen molar-refractivity contribution in [1.29, 1.82) is 0 Å². The number of rotatable bonds is 9. The molecule has 0 radical (unpaired) electrons. The van der Waals surface area contributed by atoms with Crippen LogP contribution in [0.15, 0.2) is 5.16 Å². The van der Waals surface area contributed by atoms with Crippen LogP contribution in [0, 0.1) is 11.8 Å². The molecule has 5 nitrogen and oxygen atoms in total. The number of nitrogens with two attached hydrogens (primary N) is 1. The molecule has 1 atom stereocenters. The first kappa shape index (κ1) is 18.7. The van der Waals surface area contributed by atoms with Crippen LogP contribution in [0.25, 0.3) is 0 Å². The molecule has 3 N–H and O–H groups in total. The summed E-state index contributed by atoms with van der Waals surface area (Å²) < 4.78 is 0. The zero-order chi connectivity index (χ0) is 15.7. The minimum atomic E-state index is -0.510. The molecule has 0 aromatic heterocycles. The number of hydrogen-bond donors (Lipinski definition) is 2. The van der Waals surface area contributed by atoms with Gasteiger partial charge in [-0.2, -0.15) is 0 Å². The van der Waals surface area contributed by atoms with E-state index in [1.54, 1.807) is 0 Å². The van der Waals surface area contributed by atoms with Crippen molar-refractivity contribution < 1.29 is 10.0 Å². The quantitative estimate of drug-likeness (QED) is 0.296. The number of amides is 1. The molecule has 0 saturated heterocycles. The normalized spacial score (nSPS) is 13.8. The lowest BCUT2D eigenvalue weighted by Gasteiger charge is -2.34. The number of oxime groups is 1. The first-order valence-electron chi connectivity index (χ1n) is 7.70. The lowest BCUT2D eigenvalue weighted by molar-refractivity contribution is -0.136. The molecule has 20 heavy (non-hydrogen) atoms. The Bertz CT molecular complexity index is 312. The molecule has 0 aromatic rings. The van der Waals surface area contributed by atoms with Gasteiger partial charge >= 0.3 is 0 Å². The molecule has 0 heterocycles. The number of nitrogens with zero attached hydrogens (tertiary/aromatic N) is 2. The van der Waals surface area contributed by atoms with Crippen LogP contribution < -0.4 is 5.73 Å². The van der Waals surface area contributed by atoms with Gasteiger partial charge in [0, 0.05) is 12.6 Å². The third kappa shape index (κ3) is 5.39.